The molecule has 3 heteroatoms. The SMILES string of the molecule is CCCC(C)(CBr)Cc1cncs1. The molecule has 1 aromatic heterocycles. The van der Waals surface area contributed by atoms with Gasteiger partial charge < -0.3 is 0 Å². The fraction of sp³-hybridized carbons (Fsp3) is 0.700. The van der Waals surface area contributed by atoms with Crippen LogP contribution in [-0.4, -0.2) is 10.3 Å². The molecule has 0 saturated carbocycles. The number of rotatable bonds is 5. The lowest BCUT2D eigenvalue weighted by Crippen LogP contribution is -2.20. The quantitative estimate of drug-likeness (QED) is 0.734. The van der Waals surface area contributed by atoms with E-state index in [-0.39, 0.29) is 0 Å². The molecule has 1 nitrogen and oxygen atoms in total. The summed E-state index contributed by atoms with van der Waals surface area (Å²) in [5.41, 5.74) is 2.32. The summed E-state index contributed by atoms with van der Waals surface area (Å²) in [7, 11) is 0. The maximum atomic E-state index is 4.10. The number of halogens is 1. The van der Waals surface area contributed by atoms with Crippen LogP contribution in [0.1, 0.15) is 31.6 Å². The predicted molar refractivity (Wildman–Crippen MR) is 62.6 cm³/mol. The standard InChI is InChI=1S/C10H16BrNS/c1-3-4-10(2,7-11)5-9-6-12-8-13-9/h6,8H,3-5,7H2,1-2H3. The molecule has 0 aliphatic carbocycles. The third kappa shape index (κ3) is 3.39. The maximum Gasteiger partial charge on any atom is 0.0794 e. The number of hydrogen-bond acceptors (Lipinski definition) is 2. The molecule has 0 bridgehead atoms. The molecule has 1 rings (SSSR count). The molecule has 0 fully saturated rings. The van der Waals surface area contributed by atoms with Gasteiger partial charge in [0.25, 0.3) is 0 Å². The van der Waals surface area contributed by atoms with E-state index in [0.29, 0.717) is 5.41 Å². The molecule has 74 valence electrons. The molecule has 13 heavy (non-hydrogen) atoms. The van der Waals surface area contributed by atoms with Gasteiger partial charge in [-0.1, -0.05) is 36.2 Å². The average molecular weight is 262 g/mol. The van der Waals surface area contributed by atoms with E-state index < -0.39 is 0 Å². The van der Waals surface area contributed by atoms with Gasteiger partial charge in [0.05, 0.1) is 5.51 Å². The molecular formula is C10H16BrNS. The zero-order chi connectivity index (χ0) is 9.73. The lowest BCUT2D eigenvalue weighted by Gasteiger charge is -2.25. The maximum absolute atomic E-state index is 4.10. The highest BCUT2D eigenvalue weighted by Crippen LogP contribution is 2.31. The number of thiazole rings is 1. The van der Waals surface area contributed by atoms with E-state index in [1.54, 1.807) is 11.3 Å². The van der Waals surface area contributed by atoms with Gasteiger partial charge in [0.1, 0.15) is 0 Å². The van der Waals surface area contributed by atoms with Crippen molar-refractivity contribution in [2.45, 2.75) is 33.1 Å². The fourth-order valence-electron chi connectivity index (χ4n) is 1.56. The Hall–Kier alpha value is 0.110. The van der Waals surface area contributed by atoms with Crippen LogP contribution < -0.4 is 0 Å². The van der Waals surface area contributed by atoms with Crippen molar-refractivity contribution >= 4 is 27.3 Å². The molecule has 0 radical (unpaired) electrons. The summed E-state index contributed by atoms with van der Waals surface area (Å²) in [6, 6.07) is 0. The van der Waals surface area contributed by atoms with Crippen LogP contribution in [0.15, 0.2) is 11.7 Å². The molecule has 0 aromatic carbocycles. The third-order valence-electron chi connectivity index (χ3n) is 2.26. The number of hydrogen-bond donors (Lipinski definition) is 0. The third-order valence-corrected chi connectivity index (χ3v) is 4.39. The molecule has 1 aromatic rings. The van der Waals surface area contributed by atoms with Crippen LogP contribution >= 0.6 is 27.3 Å². The van der Waals surface area contributed by atoms with E-state index in [0.717, 1.165) is 11.8 Å². The van der Waals surface area contributed by atoms with E-state index in [1.165, 1.54) is 17.7 Å². The van der Waals surface area contributed by atoms with Crippen molar-refractivity contribution in [1.82, 2.24) is 4.98 Å². The minimum Gasteiger partial charge on any atom is -0.253 e. The molecule has 0 aliphatic heterocycles. The molecule has 0 saturated heterocycles. The zero-order valence-corrected chi connectivity index (χ0v) is 10.6. The van der Waals surface area contributed by atoms with Crippen LogP contribution in [0.25, 0.3) is 0 Å². The van der Waals surface area contributed by atoms with Gasteiger partial charge in [0, 0.05) is 16.4 Å². The first-order valence-corrected chi connectivity index (χ1v) is 6.63. The second kappa shape index (κ2) is 5.11. The lowest BCUT2D eigenvalue weighted by atomic mass is 9.84. The van der Waals surface area contributed by atoms with E-state index >= 15 is 0 Å². The van der Waals surface area contributed by atoms with Gasteiger partial charge >= 0.3 is 0 Å². The van der Waals surface area contributed by atoms with Crippen molar-refractivity contribution < 1.29 is 0 Å². The Labute approximate surface area is 92.7 Å². The van der Waals surface area contributed by atoms with Crippen molar-refractivity contribution in [2.24, 2.45) is 5.41 Å². The Bertz CT molecular complexity index is 235. The smallest absolute Gasteiger partial charge is 0.0794 e. The fourth-order valence-corrected chi connectivity index (χ4v) is 2.85. The molecule has 1 unspecified atom stereocenters. The first-order chi connectivity index (χ1) is 6.20. The molecule has 1 atom stereocenters. The van der Waals surface area contributed by atoms with Gasteiger partial charge in [-0.3, -0.25) is 4.98 Å². The highest BCUT2D eigenvalue weighted by atomic mass is 79.9. The minimum absolute atomic E-state index is 0.404. The zero-order valence-electron chi connectivity index (χ0n) is 8.22. The van der Waals surface area contributed by atoms with Crippen LogP contribution in [0.5, 0.6) is 0 Å². The van der Waals surface area contributed by atoms with Gasteiger partial charge in [0.2, 0.25) is 0 Å². The summed E-state index contributed by atoms with van der Waals surface area (Å²) < 4.78 is 0. The number of aromatic nitrogens is 1. The van der Waals surface area contributed by atoms with Crippen LogP contribution in [0.3, 0.4) is 0 Å². The Balaban J connectivity index is 2.58. The lowest BCUT2D eigenvalue weighted by molar-refractivity contribution is 0.342. The van der Waals surface area contributed by atoms with Crippen LogP contribution in [0, 0.1) is 5.41 Å². The summed E-state index contributed by atoms with van der Waals surface area (Å²) in [4.78, 5) is 5.50. The number of alkyl halides is 1. The van der Waals surface area contributed by atoms with Crippen molar-refractivity contribution in [3.8, 4) is 0 Å². The van der Waals surface area contributed by atoms with Crippen LogP contribution in [-0.2, 0) is 6.42 Å². The molecular weight excluding hydrogens is 246 g/mol. The second-order valence-electron chi connectivity index (χ2n) is 3.84. The predicted octanol–water partition coefficient (Wildman–Crippen LogP) is 3.89. The van der Waals surface area contributed by atoms with Gasteiger partial charge in [-0.15, -0.1) is 11.3 Å². The summed E-state index contributed by atoms with van der Waals surface area (Å²) in [5.74, 6) is 0. The van der Waals surface area contributed by atoms with Crippen molar-refractivity contribution in [3.63, 3.8) is 0 Å². The molecule has 0 amide bonds. The average Bonchev–Trinajstić information content (AvgIpc) is 2.57. The summed E-state index contributed by atoms with van der Waals surface area (Å²) in [6.07, 6.45) is 5.66. The van der Waals surface area contributed by atoms with Gasteiger partial charge in [0.15, 0.2) is 0 Å². The molecule has 0 aliphatic rings. The molecule has 1 heterocycles. The summed E-state index contributed by atoms with van der Waals surface area (Å²) >= 11 is 5.36. The minimum atomic E-state index is 0.404. The summed E-state index contributed by atoms with van der Waals surface area (Å²) in [5, 5.41) is 1.08. The molecule has 0 N–H and O–H groups in total. The van der Waals surface area contributed by atoms with Crippen molar-refractivity contribution in [2.75, 3.05) is 5.33 Å². The Morgan fingerprint density at radius 3 is 2.85 bits per heavy atom. The monoisotopic (exact) mass is 261 g/mol. The molecule has 0 spiro atoms. The van der Waals surface area contributed by atoms with Crippen LogP contribution in [0.4, 0.5) is 0 Å². The highest BCUT2D eigenvalue weighted by molar-refractivity contribution is 9.09. The van der Waals surface area contributed by atoms with Gasteiger partial charge in [-0.2, -0.15) is 0 Å². The van der Waals surface area contributed by atoms with Gasteiger partial charge in [-0.05, 0) is 18.3 Å². The second-order valence-corrected chi connectivity index (χ2v) is 5.37. The first kappa shape index (κ1) is 11.2. The van der Waals surface area contributed by atoms with Crippen LogP contribution in [0.2, 0.25) is 0 Å². The van der Waals surface area contributed by atoms with E-state index in [9.17, 15) is 0 Å². The largest absolute Gasteiger partial charge is 0.253 e. The Morgan fingerprint density at radius 1 is 1.62 bits per heavy atom. The normalized spacial score (nSPS) is 15.6. The van der Waals surface area contributed by atoms with E-state index in [1.807, 2.05) is 11.7 Å². The van der Waals surface area contributed by atoms with E-state index in [4.69, 9.17) is 0 Å². The van der Waals surface area contributed by atoms with Gasteiger partial charge in [-0.25, -0.2) is 0 Å². The Kier molecular flexibility index (Phi) is 4.39. The topological polar surface area (TPSA) is 12.9 Å². The Morgan fingerprint density at radius 2 is 2.38 bits per heavy atom. The van der Waals surface area contributed by atoms with Crippen molar-refractivity contribution in [1.29, 1.82) is 0 Å². The van der Waals surface area contributed by atoms with E-state index in [2.05, 4.69) is 34.8 Å². The summed E-state index contributed by atoms with van der Waals surface area (Å²) in [6.45, 7) is 4.58. The first-order valence-electron chi connectivity index (χ1n) is 4.63. The highest BCUT2D eigenvalue weighted by Gasteiger charge is 2.22. The van der Waals surface area contributed by atoms with Crippen molar-refractivity contribution in [3.05, 3.63) is 16.6 Å². The number of nitrogens with zero attached hydrogens (tertiary/aromatic N) is 1.